The lowest BCUT2D eigenvalue weighted by atomic mass is 9.92. The van der Waals surface area contributed by atoms with Gasteiger partial charge in [0, 0.05) is 38.8 Å². The summed E-state index contributed by atoms with van der Waals surface area (Å²) in [6.45, 7) is 5.59. The van der Waals surface area contributed by atoms with E-state index >= 15 is 0 Å². The summed E-state index contributed by atoms with van der Waals surface area (Å²) < 4.78 is 38.8. The van der Waals surface area contributed by atoms with Crippen molar-refractivity contribution in [3.63, 3.8) is 0 Å². The maximum atomic E-state index is 13.7. The predicted molar refractivity (Wildman–Crippen MR) is 182 cm³/mol. The second-order valence-electron chi connectivity index (χ2n) is 11.2. The Morgan fingerprint density at radius 2 is 1.50 bits per heavy atom. The molecule has 2 aromatic carbocycles. The van der Waals surface area contributed by atoms with E-state index in [1.165, 1.54) is 25.3 Å². The van der Waals surface area contributed by atoms with Gasteiger partial charge in [-0.1, -0.05) is 48.2 Å². The number of phenols is 1. The summed E-state index contributed by atoms with van der Waals surface area (Å²) in [6.07, 6.45) is -5.63. The lowest BCUT2D eigenvalue weighted by Crippen LogP contribution is -2.61. The second-order valence-corrected chi connectivity index (χ2v) is 12.2. The lowest BCUT2D eigenvalue weighted by molar-refractivity contribution is -0.237. The van der Waals surface area contributed by atoms with Crippen LogP contribution in [0, 0.1) is 11.3 Å². The molecular formula is C36H36N2O13S. The van der Waals surface area contributed by atoms with Gasteiger partial charge in [0.05, 0.1) is 30.5 Å². The van der Waals surface area contributed by atoms with Crippen LogP contribution in [-0.2, 0) is 47.6 Å². The lowest BCUT2D eigenvalue weighted by Gasteiger charge is -2.44. The van der Waals surface area contributed by atoms with Gasteiger partial charge in [-0.2, -0.15) is 5.26 Å². The number of esters is 5. The minimum atomic E-state index is -1.48. The highest BCUT2D eigenvalue weighted by Crippen LogP contribution is 2.44. The molecule has 0 bridgehead atoms. The first-order valence-corrected chi connectivity index (χ1v) is 16.7. The van der Waals surface area contributed by atoms with Crippen molar-refractivity contribution in [1.29, 1.82) is 5.26 Å². The Morgan fingerprint density at radius 1 is 0.865 bits per heavy atom. The van der Waals surface area contributed by atoms with E-state index in [9.17, 15) is 34.3 Å². The van der Waals surface area contributed by atoms with Crippen molar-refractivity contribution in [2.24, 2.45) is 0 Å². The molecule has 4 rings (SSSR count). The third-order valence-electron chi connectivity index (χ3n) is 7.45. The van der Waals surface area contributed by atoms with Gasteiger partial charge in [-0.25, -0.2) is 9.78 Å². The zero-order valence-corrected chi connectivity index (χ0v) is 29.9. The third kappa shape index (κ3) is 9.16. The van der Waals surface area contributed by atoms with Crippen molar-refractivity contribution in [1.82, 2.24) is 4.98 Å². The summed E-state index contributed by atoms with van der Waals surface area (Å²) >= 11 is 0.774. The number of thioether (sulfide) groups is 1. The number of aromatic nitrogens is 1. The van der Waals surface area contributed by atoms with Gasteiger partial charge in [0.15, 0.2) is 35.2 Å². The van der Waals surface area contributed by atoms with E-state index in [0.29, 0.717) is 5.56 Å². The largest absolute Gasteiger partial charge is 0.504 e. The van der Waals surface area contributed by atoms with Crippen LogP contribution in [0.4, 0.5) is 0 Å². The number of hydrogen-bond donors (Lipinski definition) is 1. The van der Waals surface area contributed by atoms with E-state index in [2.05, 4.69) is 6.07 Å². The van der Waals surface area contributed by atoms with E-state index in [-0.39, 0.29) is 51.1 Å². The molecule has 1 fully saturated rings. The van der Waals surface area contributed by atoms with Gasteiger partial charge in [0.25, 0.3) is 0 Å². The summed E-state index contributed by atoms with van der Waals surface area (Å²) in [5.74, 6) is -4.09. The van der Waals surface area contributed by atoms with E-state index in [1.807, 2.05) is 0 Å². The predicted octanol–water partition coefficient (Wildman–Crippen LogP) is 4.35. The molecule has 3 aromatic rings. The Labute approximate surface area is 303 Å². The van der Waals surface area contributed by atoms with Crippen LogP contribution < -0.4 is 4.74 Å². The topological polar surface area (TPSA) is 207 Å². The quantitative estimate of drug-likeness (QED) is 0.202. The van der Waals surface area contributed by atoms with Crippen molar-refractivity contribution >= 4 is 41.6 Å². The fraction of sp³-hybridized carbons (Fsp3) is 0.361. The van der Waals surface area contributed by atoms with Gasteiger partial charge in [-0.3, -0.25) is 19.2 Å². The van der Waals surface area contributed by atoms with Crippen LogP contribution in [0.15, 0.2) is 53.6 Å². The zero-order valence-electron chi connectivity index (χ0n) is 29.1. The molecule has 0 radical (unpaired) electrons. The number of pyridine rings is 1. The Kier molecular flexibility index (Phi) is 13.2. The summed E-state index contributed by atoms with van der Waals surface area (Å²) in [5, 5.41) is 21.4. The summed E-state index contributed by atoms with van der Waals surface area (Å²) in [7, 11) is 1.36. The van der Waals surface area contributed by atoms with Crippen molar-refractivity contribution in [2.45, 2.75) is 69.5 Å². The summed E-state index contributed by atoms with van der Waals surface area (Å²) in [4.78, 5) is 67.4. The monoisotopic (exact) mass is 736 g/mol. The number of hydrogen-bond acceptors (Lipinski definition) is 16. The Balaban J connectivity index is 2.03. The molecule has 1 saturated heterocycles. The first-order valence-electron chi connectivity index (χ1n) is 15.8. The number of carbonyl (C=O) groups excluding carboxylic acids is 5. The van der Waals surface area contributed by atoms with Gasteiger partial charge in [0.1, 0.15) is 23.8 Å². The Hall–Kier alpha value is -5.66. The fourth-order valence-electron chi connectivity index (χ4n) is 5.49. The molecule has 1 aromatic heterocycles. The molecule has 52 heavy (non-hydrogen) atoms. The molecule has 0 amide bonds. The van der Waals surface area contributed by atoms with Gasteiger partial charge >= 0.3 is 29.8 Å². The second kappa shape index (κ2) is 17.5. The Bertz CT molecular complexity index is 1880. The van der Waals surface area contributed by atoms with Gasteiger partial charge in [-0.15, -0.1) is 0 Å². The molecule has 2 heterocycles. The normalized spacial score (nSPS) is 19.4. The molecule has 1 N–H and O–H groups in total. The smallest absolute Gasteiger partial charge is 0.341 e. The number of phenolic OH excluding ortho intramolecular Hbond substituents is 1. The van der Waals surface area contributed by atoms with E-state index < -0.39 is 66.3 Å². The minimum Gasteiger partial charge on any atom is -0.504 e. The molecule has 1 aliphatic heterocycles. The van der Waals surface area contributed by atoms with E-state index in [0.717, 1.165) is 39.5 Å². The number of carbonyl (C=O) groups is 5. The maximum Gasteiger partial charge on any atom is 0.341 e. The van der Waals surface area contributed by atoms with Gasteiger partial charge in [0.2, 0.25) is 0 Å². The first kappa shape index (κ1) is 39.1. The van der Waals surface area contributed by atoms with Crippen molar-refractivity contribution in [3.8, 4) is 40.0 Å². The van der Waals surface area contributed by atoms with Gasteiger partial charge in [-0.05, 0) is 24.6 Å². The minimum absolute atomic E-state index is 0.0104. The van der Waals surface area contributed by atoms with Crippen LogP contribution in [0.25, 0.3) is 22.4 Å². The van der Waals surface area contributed by atoms with E-state index in [1.54, 1.807) is 37.3 Å². The number of nitriles is 1. The fourth-order valence-corrected chi connectivity index (χ4v) is 6.66. The standard InChI is InChI=1S/C36H36N2O13S/c1-7-46-35(44)29-28(23-13-14-26(45-6)25(43)15-23)24(16-37)34(38-30(29)22-11-9-8-10-12-22)52-36-33(50-21(5)42)32(49-20(4)41)31(48-19(3)40)27(51-36)17-47-18(2)39/h8-15,27,31-33,36,43H,7,17H2,1-6H3/t27-,31-,32+,33-,36+/m1/s1. The van der Waals surface area contributed by atoms with E-state index in [4.69, 9.17) is 38.1 Å². The van der Waals surface area contributed by atoms with Crippen molar-refractivity contribution in [3.05, 3.63) is 59.7 Å². The average molecular weight is 737 g/mol. The summed E-state index contributed by atoms with van der Waals surface area (Å²) in [6, 6.07) is 15.0. The molecule has 274 valence electrons. The number of rotatable bonds is 12. The van der Waals surface area contributed by atoms with Crippen LogP contribution in [-0.4, -0.2) is 90.1 Å². The molecule has 16 heteroatoms. The SMILES string of the molecule is CCOC(=O)c1c(-c2ccccc2)nc(S[C@@H]2O[C@H](COC(C)=O)[C@@H](OC(C)=O)[C@H](OC(C)=O)[C@H]2OC(C)=O)c(C#N)c1-c1ccc(OC)c(O)c1. The van der Waals surface area contributed by atoms with Gasteiger partial charge < -0.3 is 38.3 Å². The molecular weight excluding hydrogens is 700 g/mol. The number of ether oxygens (including phenoxy) is 7. The maximum absolute atomic E-state index is 13.7. The van der Waals surface area contributed by atoms with Crippen LogP contribution in [0.5, 0.6) is 11.5 Å². The molecule has 0 saturated carbocycles. The van der Waals surface area contributed by atoms with Crippen LogP contribution >= 0.6 is 11.8 Å². The number of aromatic hydroxyl groups is 1. The van der Waals surface area contributed by atoms with Crippen LogP contribution in [0.2, 0.25) is 0 Å². The Morgan fingerprint density at radius 3 is 2.06 bits per heavy atom. The highest BCUT2D eigenvalue weighted by atomic mass is 32.2. The number of benzene rings is 2. The average Bonchev–Trinajstić information content (AvgIpc) is 3.09. The molecule has 5 atom stereocenters. The molecule has 1 aliphatic rings. The van der Waals surface area contributed by atoms with Crippen molar-refractivity contribution < 1.29 is 62.2 Å². The first-order chi connectivity index (χ1) is 24.8. The highest BCUT2D eigenvalue weighted by Gasteiger charge is 2.53. The number of nitrogens with zero attached hydrogens (tertiary/aromatic N) is 2. The summed E-state index contributed by atoms with van der Waals surface area (Å²) in [5.41, 5.74) is -0.782. The zero-order chi connectivity index (χ0) is 38.1. The van der Waals surface area contributed by atoms with Crippen LogP contribution in [0.3, 0.4) is 0 Å². The molecule has 0 spiro atoms. The molecule has 15 nitrogen and oxygen atoms in total. The van der Waals surface area contributed by atoms with Crippen molar-refractivity contribution in [2.75, 3.05) is 20.3 Å². The molecule has 0 aliphatic carbocycles. The highest BCUT2D eigenvalue weighted by molar-refractivity contribution is 7.99. The third-order valence-corrected chi connectivity index (χ3v) is 8.58. The molecule has 0 unspecified atom stereocenters. The van der Waals surface area contributed by atoms with Crippen LogP contribution in [0.1, 0.15) is 50.5 Å². The number of methoxy groups -OCH3 is 1.